The van der Waals surface area contributed by atoms with Gasteiger partial charge in [0.25, 0.3) is 0 Å². The van der Waals surface area contributed by atoms with Gasteiger partial charge in [-0.1, -0.05) is 41.9 Å². The molecule has 2 aromatic carbocycles. The molecule has 0 saturated carbocycles. The molecule has 3 nitrogen and oxygen atoms in total. The van der Waals surface area contributed by atoms with E-state index in [1.807, 2.05) is 47.4 Å². The molecule has 20 heavy (non-hydrogen) atoms. The van der Waals surface area contributed by atoms with Crippen LogP contribution in [0.4, 0.5) is 5.69 Å². The molecule has 1 aromatic heterocycles. The van der Waals surface area contributed by atoms with E-state index in [0.717, 1.165) is 16.7 Å². The highest BCUT2D eigenvalue weighted by Crippen LogP contribution is 2.22. The predicted molar refractivity (Wildman–Crippen MR) is 82.6 cm³/mol. The highest BCUT2D eigenvalue weighted by atomic mass is 35.5. The lowest BCUT2D eigenvalue weighted by Gasteiger charge is -2.05. The molecule has 0 saturated heterocycles. The summed E-state index contributed by atoms with van der Waals surface area (Å²) in [5, 5.41) is 5.08. The molecule has 0 atom stereocenters. The summed E-state index contributed by atoms with van der Waals surface area (Å²) < 4.78 is 1.86. The summed E-state index contributed by atoms with van der Waals surface area (Å²) in [4.78, 5) is 0. The lowest BCUT2D eigenvalue weighted by Crippen LogP contribution is -2.01. The van der Waals surface area contributed by atoms with Crippen LogP contribution in [0.25, 0.3) is 11.1 Å². The zero-order valence-corrected chi connectivity index (χ0v) is 11.6. The molecule has 3 aromatic rings. The summed E-state index contributed by atoms with van der Waals surface area (Å²) >= 11 is 6.17. The first-order valence-corrected chi connectivity index (χ1v) is 6.72. The first-order chi connectivity index (χ1) is 9.72. The van der Waals surface area contributed by atoms with Crippen LogP contribution in [0, 0.1) is 0 Å². The lowest BCUT2D eigenvalue weighted by molar-refractivity contribution is 0.687. The maximum absolute atomic E-state index is 6.17. The minimum atomic E-state index is 0.608. The van der Waals surface area contributed by atoms with Crippen molar-refractivity contribution in [1.82, 2.24) is 9.78 Å². The lowest BCUT2D eigenvalue weighted by atomic mass is 10.1. The van der Waals surface area contributed by atoms with Crippen LogP contribution < -0.4 is 5.73 Å². The van der Waals surface area contributed by atoms with Crippen LogP contribution in [-0.2, 0) is 6.54 Å². The van der Waals surface area contributed by atoms with Gasteiger partial charge in [0.05, 0.1) is 12.7 Å². The Balaban J connectivity index is 1.86. The molecule has 3 rings (SSSR count). The van der Waals surface area contributed by atoms with Crippen molar-refractivity contribution in [3.05, 3.63) is 71.5 Å². The van der Waals surface area contributed by atoms with Gasteiger partial charge in [-0.25, -0.2) is 0 Å². The third-order valence-electron chi connectivity index (χ3n) is 3.14. The Morgan fingerprint density at radius 3 is 2.65 bits per heavy atom. The van der Waals surface area contributed by atoms with Crippen LogP contribution in [0.3, 0.4) is 0 Å². The highest BCUT2D eigenvalue weighted by Gasteiger charge is 2.05. The molecular weight excluding hydrogens is 270 g/mol. The predicted octanol–water partition coefficient (Wildman–Crippen LogP) is 3.83. The van der Waals surface area contributed by atoms with Crippen LogP contribution in [0.1, 0.15) is 5.56 Å². The summed E-state index contributed by atoms with van der Waals surface area (Å²) in [6.45, 7) is 0.608. The molecule has 100 valence electrons. The fourth-order valence-corrected chi connectivity index (χ4v) is 2.30. The number of rotatable bonds is 3. The zero-order chi connectivity index (χ0) is 13.9. The molecule has 0 aliphatic carbocycles. The Morgan fingerprint density at radius 2 is 1.85 bits per heavy atom. The van der Waals surface area contributed by atoms with Gasteiger partial charge in [-0.3, -0.25) is 4.68 Å². The Bertz CT molecular complexity index is 720. The first kappa shape index (κ1) is 12.8. The van der Waals surface area contributed by atoms with Gasteiger partial charge in [0.2, 0.25) is 0 Å². The van der Waals surface area contributed by atoms with Crippen molar-refractivity contribution in [2.24, 2.45) is 0 Å². The second-order valence-electron chi connectivity index (χ2n) is 4.64. The van der Waals surface area contributed by atoms with Crippen LogP contribution in [0.2, 0.25) is 5.02 Å². The molecule has 0 bridgehead atoms. The second-order valence-corrected chi connectivity index (χ2v) is 5.05. The van der Waals surface area contributed by atoms with Crippen molar-refractivity contribution in [2.45, 2.75) is 6.54 Å². The van der Waals surface area contributed by atoms with Crippen molar-refractivity contribution < 1.29 is 0 Å². The van der Waals surface area contributed by atoms with Crippen LogP contribution in [0.5, 0.6) is 0 Å². The van der Waals surface area contributed by atoms with E-state index in [1.165, 1.54) is 0 Å². The topological polar surface area (TPSA) is 43.8 Å². The third-order valence-corrected chi connectivity index (χ3v) is 3.51. The van der Waals surface area contributed by atoms with E-state index in [1.54, 1.807) is 6.07 Å². The molecule has 0 spiro atoms. The Hall–Kier alpha value is -2.26. The first-order valence-electron chi connectivity index (χ1n) is 6.34. The maximum Gasteiger partial charge on any atom is 0.0674 e. The van der Waals surface area contributed by atoms with Gasteiger partial charge in [-0.15, -0.1) is 0 Å². The standard InChI is InChI=1S/C16H14ClN3/c17-16-7-6-15(18)8-13(16)10-20-11-14(9-19-20)12-4-2-1-3-5-12/h1-9,11H,10,18H2. The number of nitrogens with two attached hydrogens (primary N) is 1. The van der Waals surface area contributed by atoms with Gasteiger partial charge in [0.1, 0.15) is 0 Å². The van der Waals surface area contributed by atoms with Crippen molar-refractivity contribution in [1.29, 1.82) is 0 Å². The monoisotopic (exact) mass is 283 g/mol. The normalized spacial score (nSPS) is 10.7. The van der Waals surface area contributed by atoms with Crippen LogP contribution in [0.15, 0.2) is 60.9 Å². The smallest absolute Gasteiger partial charge is 0.0674 e. The van der Waals surface area contributed by atoms with Gasteiger partial charge in [-0.05, 0) is 29.3 Å². The quantitative estimate of drug-likeness (QED) is 0.742. The SMILES string of the molecule is Nc1ccc(Cl)c(Cn2cc(-c3ccccc3)cn2)c1. The molecule has 4 heteroatoms. The Morgan fingerprint density at radius 1 is 1.05 bits per heavy atom. The molecule has 0 aliphatic rings. The number of hydrogen-bond acceptors (Lipinski definition) is 2. The summed E-state index contributed by atoms with van der Waals surface area (Å²) in [6.07, 6.45) is 3.87. The molecule has 0 radical (unpaired) electrons. The van der Waals surface area contributed by atoms with E-state index in [2.05, 4.69) is 17.2 Å². The van der Waals surface area contributed by atoms with E-state index >= 15 is 0 Å². The van der Waals surface area contributed by atoms with E-state index < -0.39 is 0 Å². The molecule has 0 fully saturated rings. The molecular formula is C16H14ClN3. The van der Waals surface area contributed by atoms with E-state index in [0.29, 0.717) is 17.3 Å². The number of hydrogen-bond donors (Lipinski definition) is 1. The van der Waals surface area contributed by atoms with Crippen LogP contribution >= 0.6 is 11.6 Å². The van der Waals surface area contributed by atoms with Crippen molar-refractivity contribution in [2.75, 3.05) is 5.73 Å². The summed E-state index contributed by atoms with van der Waals surface area (Å²) in [6, 6.07) is 15.7. The fraction of sp³-hybridized carbons (Fsp3) is 0.0625. The summed E-state index contributed by atoms with van der Waals surface area (Å²) in [7, 11) is 0. The second kappa shape index (κ2) is 5.39. The van der Waals surface area contributed by atoms with Gasteiger partial charge >= 0.3 is 0 Å². The van der Waals surface area contributed by atoms with Crippen LogP contribution in [-0.4, -0.2) is 9.78 Å². The molecule has 0 amide bonds. The number of nitrogen functional groups attached to an aromatic ring is 1. The van der Waals surface area contributed by atoms with Gasteiger partial charge in [0, 0.05) is 22.5 Å². The molecule has 2 N–H and O–H groups in total. The number of benzene rings is 2. The summed E-state index contributed by atoms with van der Waals surface area (Å²) in [5.41, 5.74) is 9.70. The largest absolute Gasteiger partial charge is 0.399 e. The molecule has 0 unspecified atom stereocenters. The average Bonchev–Trinajstić information content (AvgIpc) is 2.92. The highest BCUT2D eigenvalue weighted by molar-refractivity contribution is 6.31. The van der Waals surface area contributed by atoms with E-state index in [9.17, 15) is 0 Å². The fourth-order valence-electron chi connectivity index (χ4n) is 2.12. The van der Waals surface area contributed by atoms with Crippen molar-refractivity contribution >= 4 is 17.3 Å². The van der Waals surface area contributed by atoms with Gasteiger partial charge < -0.3 is 5.73 Å². The number of halogens is 1. The third kappa shape index (κ3) is 2.68. The Labute approximate surface area is 122 Å². The number of nitrogens with zero attached hydrogens (tertiary/aromatic N) is 2. The minimum absolute atomic E-state index is 0.608. The van der Waals surface area contributed by atoms with Crippen molar-refractivity contribution in [3.63, 3.8) is 0 Å². The minimum Gasteiger partial charge on any atom is -0.399 e. The zero-order valence-electron chi connectivity index (χ0n) is 10.8. The number of aromatic nitrogens is 2. The maximum atomic E-state index is 6.17. The number of anilines is 1. The van der Waals surface area contributed by atoms with Gasteiger partial charge in [-0.2, -0.15) is 5.10 Å². The van der Waals surface area contributed by atoms with Crippen molar-refractivity contribution in [3.8, 4) is 11.1 Å². The molecule has 1 heterocycles. The summed E-state index contributed by atoms with van der Waals surface area (Å²) in [5.74, 6) is 0. The Kier molecular flexibility index (Phi) is 3.44. The van der Waals surface area contributed by atoms with E-state index in [4.69, 9.17) is 17.3 Å². The van der Waals surface area contributed by atoms with Gasteiger partial charge in [0.15, 0.2) is 0 Å². The molecule has 0 aliphatic heterocycles. The average molecular weight is 284 g/mol. The van der Waals surface area contributed by atoms with E-state index in [-0.39, 0.29) is 0 Å².